The number of benzene rings is 2. The van der Waals surface area contributed by atoms with Crippen LogP contribution < -0.4 is 4.90 Å². The van der Waals surface area contributed by atoms with Gasteiger partial charge in [-0.15, -0.1) is 12.4 Å². The Bertz CT molecular complexity index is 1150. The third kappa shape index (κ3) is 4.02. The first kappa shape index (κ1) is 19.9. The third-order valence-electron chi connectivity index (χ3n) is 5.61. The summed E-state index contributed by atoms with van der Waals surface area (Å²) in [6.07, 6.45) is 4.90. The van der Waals surface area contributed by atoms with Crippen molar-refractivity contribution in [2.75, 3.05) is 18.0 Å². The van der Waals surface area contributed by atoms with Crippen LogP contribution >= 0.6 is 24.0 Å². The Morgan fingerprint density at radius 3 is 2.69 bits per heavy atom. The molecule has 5 rings (SSSR count). The van der Waals surface area contributed by atoms with E-state index >= 15 is 0 Å². The summed E-state index contributed by atoms with van der Waals surface area (Å²) in [5.41, 5.74) is 3.86. The highest BCUT2D eigenvalue weighted by Gasteiger charge is 2.22. The number of piperidine rings is 1. The fraction of sp³-hybridized carbons (Fsp3) is 0.273. The summed E-state index contributed by atoms with van der Waals surface area (Å²) in [6, 6.07) is 12.5. The van der Waals surface area contributed by atoms with E-state index in [1.165, 1.54) is 6.07 Å². The first-order chi connectivity index (χ1) is 13.7. The van der Waals surface area contributed by atoms with Crippen molar-refractivity contribution in [2.24, 2.45) is 5.92 Å². The molecule has 1 saturated heterocycles. The van der Waals surface area contributed by atoms with Gasteiger partial charge in [0, 0.05) is 41.8 Å². The average molecular weight is 431 g/mol. The van der Waals surface area contributed by atoms with Gasteiger partial charge in [-0.05, 0) is 61.2 Å². The van der Waals surface area contributed by atoms with Gasteiger partial charge in [-0.1, -0.05) is 11.6 Å². The molecule has 1 fully saturated rings. The molecule has 2 aromatic carbocycles. The van der Waals surface area contributed by atoms with Gasteiger partial charge in [0.2, 0.25) is 0 Å². The van der Waals surface area contributed by atoms with E-state index < -0.39 is 0 Å². The first-order valence-corrected chi connectivity index (χ1v) is 9.97. The number of hydrogen-bond donors (Lipinski definition) is 1. The number of halogens is 3. The zero-order valence-corrected chi connectivity index (χ0v) is 17.3. The molecule has 1 aliphatic rings. The van der Waals surface area contributed by atoms with Crippen LogP contribution in [-0.4, -0.2) is 28.0 Å². The molecule has 0 saturated carbocycles. The van der Waals surface area contributed by atoms with Crippen LogP contribution in [0.4, 0.5) is 10.1 Å². The standard InChI is InChI=1S/C22H20ClFN4.ClH/c23-15-1-3-19-20(12-15)27-22(26-19)11-14-6-9-28(10-7-14)21-5-8-25-18-4-2-16(24)13-17(18)21;/h1-5,8,12-14H,6-7,9-11H2,(H,26,27);1H. The number of nitrogens with one attached hydrogen (secondary N) is 1. The summed E-state index contributed by atoms with van der Waals surface area (Å²) in [5, 5.41) is 1.60. The number of nitrogens with zero attached hydrogens (tertiary/aromatic N) is 3. The van der Waals surface area contributed by atoms with Crippen LogP contribution in [0.2, 0.25) is 5.02 Å². The maximum Gasteiger partial charge on any atom is 0.124 e. The van der Waals surface area contributed by atoms with E-state index in [0.717, 1.165) is 70.8 Å². The van der Waals surface area contributed by atoms with Gasteiger partial charge in [-0.2, -0.15) is 0 Å². The molecule has 0 spiro atoms. The van der Waals surface area contributed by atoms with E-state index in [9.17, 15) is 4.39 Å². The maximum atomic E-state index is 13.7. The lowest BCUT2D eigenvalue weighted by atomic mass is 9.93. The average Bonchev–Trinajstić information content (AvgIpc) is 3.09. The number of imidazole rings is 1. The molecule has 0 radical (unpaired) electrons. The third-order valence-corrected chi connectivity index (χ3v) is 5.85. The van der Waals surface area contributed by atoms with Crippen molar-refractivity contribution in [1.29, 1.82) is 0 Å². The minimum Gasteiger partial charge on any atom is -0.371 e. The molecule has 1 N–H and O–H groups in total. The predicted molar refractivity (Wildman–Crippen MR) is 119 cm³/mol. The maximum absolute atomic E-state index is 13.7. The van der Waals surface area contributed by atoms with Crippen LogP contribution in [0.3, 0.4) is 0 Å². The van der Waals surface area contributed by atoms with E-state index in [1.54, 1.807) is 18.3 Å². The molecule has 0 unspecified atom stereocenters. The summed E-state index contributed by atoms with van der Waals surface area (Å²) in [7, 11) is 0. The number of H-pyrrole nitrogens is 1. The number of rotatable bonds is 3. The Morgan fingerprint density at radius 2 is 1.86 bits per heavy atom. The Kier molecular flexibility index (Phi) is 5.61. The Morgan fingerprint density at radius 1 is 1.07 bits per heavy atom. The largest absolute Gasteiger partial charge is 0.371 e. The van der Waals surface area contributed by atoms with Crippen molar-refractivity contribution >= 4 is 51.6 Å². The zero-order valence-electron chi connectivity index (χ0n) is 15.7. The van der Waals surface area contributed by atoms with Crippen LogP contribution in [0.15, 0.2) is 48.7 Å². The highest BCUT2D eigenvalue weighted by molar-refractivity contribution is 6.31. The summed E-state index contributed by atoms with van der Waals surface area (Å²) >= 11 is 6.06. The minimum absolute atomic E-state index is 0. The smallest absolute Gasteiger partial charge is 0.124 e. The molecule has 3 heterocycles. The Hall–Kier alpha value is -2.37. The summed E-state index contributed by atoms with van der Waals surface area (Å²) in [6.45, 7) is 1.90. The van der Waals surface area contributed by atoms with Crippen molar-refractivity contribution < 1.29 is 4.39 Å². The lowest BCUT2D eigenvalue weighted by Gasteiger charge is -2.34. The molecule has 0 atom stereocenters. The number of aromatic nitrogens is 3. The SMILES string of the molecule is Cl.Fc1ccc2nccc(N3CCC(Cc4nc5ccc(Cl)cc5[nH]4)CC3)c2c1. The van der Waals surface area contributed by atoms with E-state index in [-0.39, 0.29) is 18.2 Å². The van der Waals surface area contributed by atoms with Crippen LogP contribution in [0.5, 0.6) is 0 Å². The second kappa shape index (κ2) is 8.17. The van der Waals surface area contributed by atoms with Crippen molar-refractivity contribution in [3.8, 4) is 0 Å². The highest BCUT2D eigenvalue weighted by Crippen LogP contribution is 2.31. The van der Waals surface area contributed by atoms with E-state index in [0.29, 0.717) is 5.92 Å². The second-order valence-corrected chi connectivity index (χ2v) is 7.91. The van der Waals surface area contributed by atoms with Gasteiger partial charge in [0.25, 0.3) is 0 Å². The van der Waals surface area contributed by atoms with Gasteiger partial charge in [-0.25, -0.2) is 9.37 Å². The fourth-order valence-electron chi connectivity index (χ4n) is 4.16. The molecule has 29 heavy (non-hydrogen) atoms. The zero-order chi connectivity index (χ0) is 19.1. The van der Waals surface area contributed by atoms with Gasteiger partial charge >= 0.3 is 0 Å². The molecule has 0 bridgehead atoms. The molecule has 4 nitrogen and oxygen atoms in total. The minimum atomic E-state index is -0.221. The van der Waals surface area contributed by atoms with Gasteiger partial charge in [0.1, 0.15) is 11.6 Å². The van der Waals surface area contributed by atoms with Gasteiger partial charge in [0.15, 0.2) is 0 Å². The van der Waals surface area contributed by atoms with Crippen molar-refractivity contribution in [3.63, 3.8) is 0 Å². The normalized spacial score (nSPS) is 15.0. The summed E-state index contributed by atoms with van der Waals surface area (Å²) in [4.78, 5) is 14.8. The number of anilines is 1. The second-order valence-electron chi connectivity index (χ2n) is 7.47. The molecular weight excluding hydrogens is 410 g/mol. The molecule has 2 aromatic heterocycles. The monoisotopic (exact) mass is 430 g/mol. The lowest BCUT2D eigenvalue weighted by Crippen LogP contribution is -2.34. The molecule has 0 aliphatic carbocycles. The fourth-order valence-corrected chi connectivity index (χ4v) is 4.33. The predicted octanol–water partition coefficient (Wildman–Crippen LogP) is 5.78. The first-order valence-electron chi connectivity index (χ1n) is 9.59. The highest BCUT2D eigenvalue weighted by atomic mass is 35.5. The van der Waals surface area contributed by atoms with E-state index in [2.05, 4.69) is 14.9 Å². The Labute approximate surface area is 179 Å². The number of aromatic amines is 1. The van der Waals surface area contributed by atoms with Crippen LogP contribution in [-0.2, 0) is 6.42 Å². The lowest BCUT2D eigenvalue weighted by molar-refractivity contribution is 0.398. The Balaban J connectivity index is 0.00000205. The number of pyridine rings is 1. The molecule has 4 aromatic rings. The molecule has 0 amide bonds. The van der Waals surface area contributed by atoms with Gasteiger partial charge < -0.3 is 9.88 Å². The van der Waals surface area contributed by atoms with Crippen LogP contribution in [0.25, 0.3) is 21.9 Å². The molecular formula is C22H21Cl2FN4. The van der Waals surface area contributed by atoms with Gasteiger partial charge in [-0.3, -0.25) is 4.98 Å². The van der Waals surface area contributed by atoms with Crippen molar-refractivity contribution in [3.05, 3.63) is 65.3 Å². The molecule has 150 valence electrons. The van der Waals surface area contributed by atoms with Crippen LogP contribution in [0.1, 0.15) is 18.7 Å². The van der Waals surface area contributed by atoms with Crippen LogP contribution in [0, 0.1) is 11.7 Å². The van der Waals surface area contributed by atoms with E-state index in [1.807, 2.05) is 24.3 Å². The van der Waals surface area contributed by atoms with E-state index in [4.69, 9.17) is 16.6 Å². The quantitative estimate of drug-likeness (QED) is 0.447. The van der Waals surface area contributed by atoms with Gasteiger partial charge in [0.05, 0.1) is 16.6 Å². The van der Waals surface area contributed by atoms with Crippen molar-refractivity contribution in [2.45, 2.75) is 19.3 Å². The topological polar surface area (TPSA) is 44.8 Å². The summed E-state index contributed by atoms with van der Waals surface area (Å²) in [5.74, 6) is 1.38. The molecule has 7 heteroatoms. The summed E-state index contributed by atoms with van der Waals surface area (Å²) < 4.78 is 13.7. The molecule has 1 aliphatic heterocycles. The van der Waals surface area contributed by atoms with Crippen molar-refractivity contribution in [1.82, 2.24) is 15.0 Å². The number of hydrogen-bond acceptors (Lipinski definition) is 3. The number of fused-ring (bicyclic) bond motifs is 2.